The van der Waals surface area contributed by atoms with Crippen LogP contribution in [0, 0.1) is 5.41 Å². The highest BCUT2D eigenvalue weighted by Crippen LogP contribution is 2.24. The first kappa shape index (κ1) is 15.7. The van der Waals surface area contributed by atoms with Crippen molar-refractivity contribution in [1.29, 1.82) is 0 Å². The molecule has 1 saturated heterocycles. The number of rotatable bonds is 1. The normalized spacial score (nSPS) is 16.7. The van der Waals surface area contributed by atoms with Gasteiger partial charge in [0.25, 0.3) is 0 Å². The third-order valence-corrected chi connectivity index (χ3v) is 4.23. The molecule has 23 heavy (non-hydrogen) atoms. The van der Waals surface area contributed by atoms with Crippen LogP contribution in [0.1, 0.15) is 27.2 Å². The standard InChI is InChI=1S/C16H24N6O/c1-16(2,3)15(23)22-7-5-6-21(8-9-22)14-12-10-19-20(4)13(12)17-11-18-14/h10-11H,5-9H2,1-4H3. The first-order valence-corrected chi connectivity index (χ1v) is 8.05. The highest BCUT2D eigenvalue weighted by molar-refractivity contribution is 5.86. The Morgan fingerprint density at radius 3 is 2.65 bits per heavy atom. The fourth-order valence-electron chi connectivity index (χ4n) is 3.01. The molecule has 124 valence electrons. The minimum Gasteiger partial charge on any atom is -0.354 e. The van der Waals surface area contributed by atoms with Gasteiger partial charge in [0.15, 0.2) is 5.65 Å². The number of amides is 1. The van der Waals surface area contributed by atoms with Crippen LogP contribution in [0.5, 0.6) is 0 Å². The van der Waals surface area contributed by atoms with Crippen LogP contribution in [0.4, 0.5) is 5.82 Å². The molecule has 7 nitrogen and oxygen atoms in total. The molecule has 0 unspecified atom stereocenters. The van der Waals surface area contributed by atoms with Gasteiger partial charge in [-0.3, -0.25) is 9.48 Å². The van der Waals surface area contributed by atoms with Crippen molar-refractivity contribution >= 4 is 22.8 Å². The number of aromatic nitrogens is 4. The van der Waals surface area contributed by atoms with Gasteiger partial charge >= 0.3 is 0 Å². The summed E-state index contributed by atoms with van der Waals surface area (Å²) in [6.45, 7) is 9.11. The molecule has 0 spiro atoms. The zero-order valence-electron chi connectivity index (χ0n) is 14.3. The molecule has 3 rings (SSSR count). The van der Waals surface area contributed by atoms with Crippen LogP contribution in [-0.2, 0) is 11.8 Å². The predicted molar refractivity (Wildman–Crippen MR) is 89.2 cm³/mol. The van der Waals surface area contributed by atoms with Crippen LogP contribution in [0.25, 0.3) is 11.0 Å². The fourth-order valence-corrected chi connectivity index (χ4v) is 3.01. The Morgan fingerprint density at radius 2 is 1.91 bits per heavy atom. The first-order chi connectivity index (χ1) is 10.9. The lowest BCUT2D eigenvalue weighted by Gasteiger charge is -2.28. The van der Waals surface area contributed by atoms with E-state index in [1.807, 2.05) is 38.9 Å². The molecule has 0 radical (unpaired) electrons. The first-order valence-electron chi connectivity index (χ1n) is 8.05. The number of aryl methyl sites for hydroxylation is 1. The summed E-state index contributed by atoms with van der Waals surface area (Å²) in [6, 6.07) is 0. The van der Waals surface area contributed by atoms with Crippen molar-refractivity contribution < 1.29 is 4.79 Å². The van der Waals surface area contributed by atoms with E-state index in [1.54, 1.807) is 11.0 Å². The fraction of sp³-hybridized carbons (Fsp3) is 0.625. The zero-order chi connectivity index (χ0) is 16.6. The lowest BCUT2D eigenvalue weighted by atomic mass is 9.94. The van der Waals surface area contributed by atoms with Crippen molar-refractivity contribution in [2.45, 2.75) is 27.2 Å². The lowest BCUT2D eigenvalue weighted by molar-refractivity contribution is -0.139. The van der Waals surface area contributed by atoms with E-state index in [0.29, 0.717) is 0 Å². The third-order valence-electron chi connectivity index (χ3n) is 4.23. The molecular formula is C16H24N6O. The monoisotopic (exact) mass is 316 g/mol. The summed E-state index contributed by atoms with van der Waals surface area (Å²) in [4.78, 5) is 25.5. The molecule has 2 aromatic rings. The van der Waals surface area contributed by atoms with E-state index < -0.39 is 0 Å². The van der Waals surface area contributed by atoms with E-state index >= 15 is 0 Å². The summed E-state index contributed by atoms with van der Waals surface area (Å²) < 4.78 is 1.76. The minimum atomic E-state index is -0.333. The van der Waals surface area contributed by atoms with Crippen LogP contribution < -0.4 is 4.90 Å². The Kier molecular flexibility index (Phi) is 3.95. The summed E-state index contributed by atoms with van der Waals surface area (Å²) in [5.41, 5.74) is 0.502. The number of nitrogens with zero attached hydrogens (tertiary/aromatic N) is 6. The van der Waals surface area contributed by atoms with Crippen LogP contribution in [0.3, 0.4) is 0 Å². The summed E-state index contributed by atoms with van der Waals surface area (Å²) >= 11 is 0. The molecule has 0 N–H and O–H groups in total. The second kappa shape index (κ2) is 5.79. The summed E-state index contributed by atoms with van der Waals surface area (Å²) in [6.07, 6.45) is 4.34. The molecule has 2 aromatic heterocycles. The number of anilines is 1. The number of carbonyl (C=O) groups excluding carboxylic acids is 1. The second-order valence-electron chi connectivity index (χ2n) is 7.09. The zero-order valence-corrected chi connectivity index (χ0v) is 14.3. The Bertz CT molecular complexity index is 717. The smallest absolute Gasteiger partial charge is 0.228 e. The highest BCUT2D eigenvalue weighted by Gasteiger charge is 2.29. The molecule has 0 atom stereocenters. The van der Waals surface area contributed by atoms with Gasteiger partial charge in [0.2, 0.25) is 5.91 Å². The van der Waals surface area contributed by atoms with Gasteiger partial charge in [-0.25, -0.2) is 9.97 Å². The van der Waals surface area contributed by atoms with Crippen LogP contribution >= 0.6 is 0 Å². The maximum absolute atomic E-state index is 12.5. The predicted octanol–water partition coefficient (Wildman–Crippen LogP) is 1.45. The molecule has 3 heterocycles. The Labute approximate surface area is 136 Å². The number of carbonyl (C=O) groups is 1. The molecule has 1 aliphatic heterocycles. The van der Waals surface area contributed by atoms with Gasteiger partial charge in [-0.15, -0.1) is 0 Å². The molecule has 1 fully saturated rings. The number of fused-ring (bicyclic) bond motifs is 1. The summed E-state index contributed by atoms with van der Waals surface area (Å²) in [5.74, 6) is 1.13. The molecule has 0 aliphatic carbocycles. The Hall–Kier alpha value is -2.18. The van der Waals surface area contributed by atoms with Gasteiger partial charge in [-0.05, 0) is 6.42 Å². The van der Waals surface area contributed by atoms with E-state index in [2.05, 4.69) is 20.0 Å². The molecule has 1 aliphatic rings. The van der Waals surface area contributed by atoms with Crippen molar-refractivity contribution in [2.24, 2.45) is 12.5 Å². The average molecular weight is 316 g/mol. The maximum Gasteiger partial charge on any atom is 0.228 e. The van der Waals surface area contributed by atoms with E-state index in [1.165, 1.54) is 0 Å². The number of hydrogen-bond acceptors (Lipinski definition) is 5. The molecule has 0 aromatic carbocycles. The van der Waals surface area contributed by atoms with Crippen LogP contribution in [0.15, 0.2) is 12.5 Å². The van der Waals surface area contributed by atoms with Crippen molar-refractivity contribution in [3.8, 4) is 0 Å². The highest BCUT2D eigenvalue weighted by atomic mass is 16.2. The van der Waals surface area contributed by atoms with Crippen molar-refractivity contribution in [3.63, 3.8) is 0 Å². The number of hydrogen-bond donors (Lipinski definition) is 0. The van der Waals surface area contributed by atoms with Crippen LogP contribution in [-0.4, -0.2) is 56.7 Å². The molecular weight excluding hydrogens is 292 g/mol. The molecule has 0 saturated carbocycles. The van der Waals surface area contributed by atoms with E-state index in [4.69, 9.17) is 0 Å². The van der Waals surface area contributed by atoms with Gasteiger partial charge in [-0.2, -0.15) is 5.10 Å². The molecule has 7 heteroatoms. The topological polar surface area (TPSA) is 67.2 Å². The average Bonchev–Trinajstić information content (AvgIpc) is 2.74. The SMILES string of the molecule is Cn1ncc2c(N3CCCN(C(=O)C(C)(C)C)CC3)ncnc21. The van der Waals surface area contributed by atoms with Gasteiger partial charge in [0.05, 0.1) is 11.6 Å². The van der Waals surface area contributed by atoms with E-state index in [-0.39, 0.29) is 11.3 Å². The largest absolute Gasteiger partial charge is 0.354 e. The Morgan fingerprint density at radius 1 is 1.13 bits per heavy atom. The van der Waals surface area contributed by atoms with Gasteiger partial charge in [0, 0.05) is 38.6 Å². The second-order valence-corrected chi connectivity index (χ2v) is 7.09. The molecule has 0 bridgehead atoms. The van der Waals surface area contributed by atoms with Gasteiger partial charge in [0.1, 0.15) is 12.1 Å². The van der Waals surface area contributed by atoms with Crippen molar-refractivity contribution in [2.75, 3.05) is 31.1 Å². The van der Waals surface area contributed by atoms with Crippen LogP contribution in [0.2, 0.25) is 0 Å². The molecule has 1 amide bonds. The minimum absolute atomic E-state index is 0.216. The van der Waals surface area contributed by atoms with E-state index in [0.717, 1.165) is 49.5 Å². The van der Waals surface area contributed by atoms with Crippen molar-refractivity contribution in [3.05, 3.63) is 12.5 Å². The van der Waals surface area contributed by atoms with Gasteiger partial charge < -0.3 is 9.80 Å². The maximum atomic E-state index is 12.5. The quantitative estimate of drug-likeness (QED) is 0.796. The van der Waals surface area contributed by atoms with Gasteiger partial charge in [-0.1, -0.05) is 20.8 Å². The Balaban J connectivity index is 1.81. The third kappa shape index (κ3) is 3.00. The summed E-state index contributed by atoms with van der Waals surface area (Å²) in [5, 5.41) is 5.24. The summed E-state index contributed by atoms with van der Waals surface area (Å²) in [7, 11) is 1.88. The van der Waals surface area contributed by atoms with E-state index in [9.17, 15) is 4.79 Å². The van der Waals surface area contributed by atoms with Crippen molar-refractivity contribution in [1.82, 2.24) is 24.6 Å². The lowest BCUT2D eigenvalue weighted by Crippen LogP contribution is -2.41.